The van der Waals surface area contributed by atoms with Gasteiger partial charge in [-0.15, -0.1) is 0 Å². The Hall–Kier alpha value is -3.21. The van der Waals surface area contributed by atoms with E-state index in [0.29, 0.717) is 18.5 Å². The van der Waals surface area contributed by atoms with E-state index in [2.05, 4.69) is 16.4 Å². The highest BCUT2D eigenvalue weighted by Crippen LogP contribution is 2.21. The molecule has 0 unspecified atom stereocenters. The first-order valence-corrected chi connectivity index (χ1v) is 8.41. The molecule has 0 radical (unpaired) electrons. The summed E-state index contributed by atoms with van der Waals surface area (Å²) in [6, 6.07) is 13.6. The number of aryl methyl sites for hydroxylation is 2. The summed E-state index contributed by atoms with van der Waals surface area (Å²) in [6.07, 6.45) is 5.90. The number of aromatic nitrogens is 1. The van der Waals surface area contributed by atoms with Crippen molar-refractivity contribution >= 4 is 23.2 Å². The van der Waals surface area contributed by atoms with Crippen LogP contribution in [0.3, 0.4) is 0 Å². The molecule has 0 aliphatic heterocycles. The van der Waals surface area contributed by atoms with Gasteiger partial charge in [0.1, 0.15) is 0 Å². The van der Waals surface area contributed by atoms with Gasteiger partial charge < -0.3 is 10.1 Å². The number of hydrogen-bond donors (Lipinski definition) is 1. The Morgan fingerprint density at radius 1 is 1.12 bits per heavy atom. The highest BCUT2D eigenvalue weighted by molar-refractivity contribution is 5.89. The zero-order valence-electron chi connectivity index (χ0n) is 14.6. The molecule has 0 spiro atoms. The third-order valence-electron chi connectivity index (χ3n) is 4.44. The topological polar surface area (TPSA) is 68.3 Å². The van der Waals surface area contributed by atoms with Gasteiger partial charge >= 0.3 is 5.97 Å². The van der Waals surface area contributed by atoms with Gasteiger partial charge in [-0.05, 0) is 53.1 Å². The number of carbonyl (C=O) groups excluding carboxylic acids is 2. The van der Waals surface area contributed by atoms with Crippen molar-refractivity contribution in [3.05, 3.63) is 77.1 Å². The number of esters is 1. The fraction of sp³-hybridized carbons (Fsp3) is 0.190. The fourth-order valence-electron chi connectivity index (χ4n) is 3.10. The maximum Gasteiger partial charge on any atom is 0.337 e. The molecule has 5 heteroatoms. The van der Waals surface area contributed by atoms with Gasteiger partial charge in [0.05, 0.1) is 12.7 Å². The summed E-state index contributed by atoms with van der Waals surface area (Å²) < 4.78 is 4.82. The van der Waals surface area contributed by atoms with Crippen molar-refractivity contribution in [1.29, 1.82) is 0 Å². The van der Waals surface area contributed by atoms with Gasteiger partial charge in [-0.25, -0.2) is 4.79 Å². The smallest absolute Gasteiger partial charge is 0.337 e. The standard InChI is InChI=1S/C21H20N2O3/c1-26-21(25)17-7-8-18(12-23-14-24)16(11-17)6-5-15-3-2-4-19-13-22-10-9-20(15)19/h2-4,7-11,13-14H,5-6,12H2,1H3,(H,23,24). The summed E-state index contributed by atoms with van der Waals surface area (Å²) in [5.41, 5.74) is 3.75. The molecule has 0 saturated carbocycles. The molecule has 132 valence electrons. The molecule has 26 heavy (non-hydrogen) atoms. The molecule has 0 fully saturated rings. The summed E-state index contributed by atoms with van der Waals surface area (Å²) in [5, 5.41) is 4.98. The monoisotopic (exact) mass is 348 g/mol. The number of nitrogens with one attached hydrogen (secondary N) is 1. The van der Waals surface area contributed by atoms with Gasteiger partial charge in [-0.1, -0.05) is 24.3 Å². The summed E-state index contributed by atoms with van der Waals surface area (Å²) in [5.74, 6) is -0.364. The molecule has 2 aromatic carbocycles. The molecule has 5 nitrogen and oxygen atoms in total. The van der Waals surface area contributed by atoms with Crippen molar-refractivity contribution in [3.63, 3.8) is 0 Å². The molecule has 1 heterocycles. The van der Waals surface area contributed by atoms with Crippen molar-refractivity contribution in [2.24, 2.45) is 0 Å². The number of fused-ring (bicyclic) bond motifs is 1. The average molecular weight is 348 g/mol. The Bertz CT molecular complexity index is 932. The van der Waals surface area contributed by atoms with Crippen molar-refractivity contribution in [2.75, 3.05) is 7.11 Å². The molecule has 1 aromatic heterocycles. The molecule has 0 aliphatic rings. The van der Waals surface area contributed by atoms with Crippen LogP contribution in [0.2, 0.25) is 0 Å². The maximum atomic E-state index is 11.8. The van der Waals surface area contributed by atoms with Crippen molar-refractivity contribution in [3.8, 4) is 0 Å². The number of amides is 1. The van der Waals surface area contributed by atoms with Crippen LogP contribution in [0.1, 0.15) is 27.0 Å². The van der Waals surface area contributed by atoms with Crippen LogP contribution >= 0.6 is 0 Å². The van der Waals surface area contributed by atoms with Crippen LogP contribution in [-0.4, -0.2) is 24.5 Å². The van der Waals surface area contributed by atoms with Crippen LogP contribution in [0.15, 0.2) is 54.9 Å². The summed E-state index contributed by atoms with van der Waals surface area (Å²) in [6.45, 7) is 0.430. The second-order valence-corrected chi connectivity index (χ2v) is 5.99. The van der Waals surface area contributed by atoms with Crippen LogP contribution < -0.4 is 5.32 Å². The molecule has 0 saturated heterocycles. The number of rotatable bonds is 7. The predicted octanol–water partition coefficient (Wildman–Crippen LogP) is 3.05. The fourth-order valence-corrected chi connectivity index (χ4v) is 3.10. The summed E-state index contributed by atoms with van der Waals surface area (Å²) in [4.78, 5) is 26.7. The summed E-state index contributed by atoms with van der Waals surface area (Å²) in [7, 11) is 1.37. The van der Waals surface area contributed by atoms with E-state index in [4.69, 9.17) is 4.74 Å². The van der Waals surface area contributed by atoms with Gasteiger partial charge in [0.25, 0.3) is 0 Å². The number of pyridine rings is 1. The minimum absolute atomic E-state index is 0.364. The van der Waals surface area contributed by atoms with E-state index in [-0.39, 0.29) is 5.97 Å². The first kappa shape index (κ1) is 17.6. The second kappa shape index (κ2) is 8.25. The van der Waals surface area contributed by atoms with Crippen LogP contribution in [0.5, 0.6) is 0 Å². The minimum Gasteiger partial charge on any atom is -0.465 e. The van der Waals surface area contributed by atoms with Gasteiger partial charge in [-0.2, -0.15) is 0 Å². The van der Waals surface area contributed by atoms with Gasteiger partial charge in [0.2, 0.25) is 6.41 Å². The summed E-state index contributed by atoms with van der Waals surface area (Å²) >= 11 is 0. The lowest BCUT2D eigenvalue weighted by atomic mass is 9.95. The maximum absolute atomic E-state index is 11.8. The molecule has 1 amide bonds. The second-order valence-electron chi connectivity index (χ2n) is 5.99. The van der Waals surface area contributed by atoms with Crippen LogP contribution in [0, 0.1) is 0 Å². The molecule has 0 bridgehead atoms. The number of benzene rings is 2. The largest absolute Gasteiger partial charge is 0.465 e. The van der Waals surface area contributed by atoms with Gasteiger partial charge in [-0.3, -0.25) is 9.78 Å². The van der Waals surface area contributed by atoms with E-state index in [1.807, 2.05) is 36.5 Å². The molecule has 3 rings (SSSR count). The minimum atomic E-state index is -0.364. The Balaban J connectivity index is 1.89. The quantitative estimate of drug-likeness (QED) is 0.526. The number of carbonyl (C=O) groups is 2. The van der Waals surface area contributed by atoms with E-state index in [0.717, 1.165) is 29.4 Å². The highest BCUT2D eigenvalue weighted by atomic mass is 16.5. The molecular formula is C21H20N2O3. The third-order valence-corrected chi connectivity index (χ3v) is 4.44. The predicted molar refractivity (Wildman–Crippen MR) is 99.8 cm³/mol. The van der Waals surface area contributed by atoms with E-state index in [1.54, 1.807) is 12.3 Å². The zero-order chi connectivity index (χ0) is 18.4. The van der Waals surface area contributed by atoms with Crippen LogP contribution in [0.4, 0.5) is 0 Å². The molecule has 0 atom stereocenters. The number of nitrogens with zero attached hydrogens (tertiary/aromatic N) is 1. The van der Waals surface area contributed by atoms with Crippen molar-refractivity contribution < 1.29 is 14.3 Å². The zero-order valence-corrected chi connectivity index (χ0v) is 14.6. The SMILES string of the molecule is COC(=O)c1ccc(CNC=O)c(CCc2cccc3cnccc23)c1. The van der Waals surface area contributed by atoms with Crippen molar-refractivity contribution in [2.45, 2.75) is 19.4 Å². The van der Waals surface area contributed by atoms with Gasteiger partial charge in [0.15, 0.2) is 0 Å². The van der Waals surface area contributed by atoms with E-state index in [9.17, 15) is 9.59 Å². The highest BCUT2D eigenvalue weighted by Gasteiger charge is 2.11. The van der Waals surface area contributed by atoms with Crippen LogP contribution in [-0.2, 0) is 28.9 Å². The third kappa shape index (κ3) is 3.88. The van der Waals surface area contributed by atoms with Gasteiger partial charge in [0, 0.05) is 24.3 Å². The normalized spacial score (nSPS) is 10.5. The van der Waals surface area contributed by atoms with Crippen molar-refractivity contribution in [1.82, 2.24) is 10.3 Å². The molecule has 0 aliphatic carbocycles. The lowest BCUT2D eigenvalue weighted by Gasteiger charge is -2.12. The number of ether oxygens (including phenoxy) is 1. The Morgan fingerprint density at radius 2 is 1.96 bits per heavy atom. The van der Waals surface area contributed by atoms with Crippen LogP contribution in [0.25, 0.3) is 10.8 Å². The number of methoxy groups -OCH3 is 1. The number of hydrogen-bond acceptors (Lipinski definition) is 4. The first-order chi connectivity index (χ1) is 12.7. The molecule has 1 N–H and O–H groups in total. The lowest BCUT2D eigenvalue weighted by Crippen LogP contribution is -2.13. The Labute approximate surface area is 152 Å². The lowest BCUT2D eigenvalue weighted by molar-refractivity contribution is -0.109. The van der Waals surface area contributed by atoms with E-state index < -0.39 is 0 Å². The Morgan fingerprint density at radius 3 is 2.77 bits per heavy atom. The molecular weight excluding hydrogens is 328 g/mol. The van der Waals surface area contributed by atoms with E-state index in [1.165, 1.54) is 18.1 Å². The average Bonchev–Trinajstić information content (AvgIpc) is 2.70. The first-order valence-electron chi connectivity index (χ1n) is 8.41. The Kier molecular flexibility index (Phi) is 5.59. The van der Waals surface area contributed by atoms with E-state index >= 15 is 0 Å². The molecule has 3 aromatic rings.